The molecule has 0 radical (unpaired) electrons. The lowest BCUT2D eigenvalue weighted by molar-refractivity contribution is -0.122. The molecule has 0 aliphatic carbocycles. The highest BCUT2D eigenvalue weighted by molar-refractivity contribution is 8.18. The van der Waals surface area contributed by atoms with Gasteiger partial charge in [0.2, 0.25) is 6.79 Å². The zero-order chi connectivity index (χ0) is 23.1. The summed E-state index contributed by atoms with van der Waals surface area (Å²) in [5.41, 5.74) is 4.42. The number of benzene rings is 2. The number of nitrogens with one attached hydrogen (secondary N) is 2. The van der Waals surface area contributed by atoms with Crippen molar-refractivity contribution in [3.63, 3.8) is 0 Å². The predicted molar refractivity (Wildman–Crippen MR) is 125 cm³/mol. The number of aryl methyl sites for hydroxylation is 2. The normalized spacial score (nSPS) is 16.3. The lowest BCUT2D eigenvalue weighted by Crippen LogP contribution is -2.37. The van der Waals surface area contributed by atoms with E-state index in [0.717, 1.165) is 44.4 Å². The number of carbonyl (C=O) groups is 3. The Morgan fingerprint density at radius 3 is 2.82 bits per heavy atom. The van der Waals surface area contributed by atoms with Crippen molar-refractivity contribution >= 4 is 45.8 Å². The van der Waals surface area contributed by atoms with Crippen molar-refractivity contribution in [2.75, 3.05) is 19.9 Å². The van der Waals surface area contributed by atoms with Crippen molar-refractivity contribution in [1.82, 2.24) is 15.2 Å². The van der Waals surface area contributed by atoms with Gasteiger partial charge in [-0.2, -0.15) is 0 Å². The fraction of sp³-hybridized carbons (Fsp3) is 0.208. The van der Waals surface area contributed by atoms with Crippen LogP contribution in [0.3, 0.4) is 0 Å². The third kappa shape index (κ3) is 3.95. The molecular weight excluding hydrogens is 442 g/mol. The summed E-state index contributed by atoms with van der Waals surface area (Å²) in [6.45, 7) is 4.43. The molecule has 2 aliphatic heterocycles. The molecule has 3 amide bonds. The van der Waals surface area contributed by atoms with Gasteiger partial charge in [0.25, 0.3) is 17.1 Å². The molecule has 168 valence electrons. The molecule has 1 saturated heterocycles. The minimum Gasteiger partial charge on any atom is -0.454 e. The number of aromatic nitrogens is 1. The molecule has 1 aromatic heterocycles. The second-order valence-electron chi connectivity index (χ2n) is 7.84. The Balaban J connectivity index is 1.22. The molecule has 2 N–H and O–H groups in total. The molecule has 2 aromatic carbocycles. The van der Waals surface area contributed by atoms with Gasteiger partial charge >= 0.3 is 0 Å². The van der Waals surface area contributed by atoms with E-state index in [1.54, 1.807) is 30.3 Å². The molecule has 9 heteroatoms. The van der Waals surface area contributed by atoms with E-state index in [1.165, 1.54) is 0 Å². The van der Waals surface area contributed by atoms with E-state index in [0.29, 0.717) is 22.0 Å². The van der Waals surface area contributed by atoms with Crippen LogP contribution in [0.2, 0.25) is 0 Å². The molecule has 0 saturated carbocycles. The number of ether oxygens (including phenoxy) is 2. The third-order valence-electron chi connectivity index (χ3n) is 5.76. The Hall–Kier alpha value is -3.72. The van der Waals surface area contributed by atoms with Gasteiger partial charge < -0.3 is 19.8 Å². The van der Waals surface area contributed by atoms with Crippen LogP contribution in [-0.2, 0) is 4.79 Å². The molecule has 5 rings (SSSR count). The predicted octanol–water partition coefficient (Wildman–Crippen LogP) is 3.98. The molecule has 1 fully saturated rings. The minimum absolute atomic E-state index is 0.0966. The number of rotatable bonds is 5. The van der Waals surface area contributed by atoms with Crippen molar-refractivity contribution < 1.29 is 23.9 Å². The van der Waals surface area contributed by atoms with E-state index in [2.05, 4.69) is 10.3 Å². The Bertz CT molecular complexity index is 1340. The number of fused-ring (bicyclic) bond motifs is 2. The smallest absolute Gasteiger partial charge is 0.293 e. The molecule has 33 heavy (non-hydrogen) atoms. The molecule has 0 bridgehead atoms. The summed E-state index contributed by atoms with van der Waals surface area (Å²) in [6.07, 6.45) is 1.65. The van der Waals surface area contributed by atoms with Gasteiger partial charge in [-0.3, -0.25) is 19.3 Å². The topological polar surface area (TPSA) is 101 Å². The van der Waals surface area contributed by atoms with Gasteiger partial charge in [0.1, 0.15) is 0 Å². The molecule has 0 atom stereocenters. The zero-order valence-electron chi connectivity index (χ0n) is 18.1. The number of hydrogen-bond donors (Lipinski definition) is 2. The van der Waals surface area contributed by atoms with Gasteiger partial charge in [-0.05, 0) is 73.1 Å². The van der Waals surface area contributed by atoms with Crippen molar-refractivity contribution in [2.45, 2.75) is 13.8 Å². The fourth-order valence-electron chi connectivity index (χ4n) is 3.83. The van der Waals surface area contributed by atoms with Crippen LogP contribution in [-0.4, -0.2) is 46.8 Å². The summed E-state index contributed by atoms with van der Waals surface area (Å²) >= 11 is 0.881. The van der Waals surface area contributed by atoms with E-state index in [-0.39, 0.29) is 36.9 Å². The Kier molecular flexibility index (Phi) is 5.33. The van der Waals surface area contributed by atoms with Crippen LogP contribution >= 0.6 is 11.8 Å². The van der Waals surface area contributed by atoms with Gasteiger partial charge in [-0.25, -0.2) is 0 Å². The first-order chi connectivity index (χ1) is 15.9. The zero-order valence-corrected chi connectivity index (χ0v) is 18.9. The van der Waals surface area contributed by atoms with Crippen LogP contribution in [0.1, 0.15) is 27.2 Å². The SMILES string of the molecule is Cc1[nH]c2ccc(C(=O)NCCN3C(=O)S/C(=C\c4ccc5c(c4)OCO5)C3=O)cc2c1C. The van der Waals surface area contributed by atoms with Crippen LogP contribution in [0.4, 0.5) is 4.79 Å². The van der Waals surface area contributed by atoms with Gasteiger partial charge in [0.05, 0.1) is 4.91 Å². The number of hydrogen-bond acceptors (Lipinski definition) is 6. The van der Waals surface area contributed by atoms with Crippen LogP contribution in [0.25, 0.3) is 17.0 Å². The largest absolute Gasteiger partial charge is 0.454 e. The molecule has 0 unspecified atom stereocenters. The second-order valence-corrected chi connectivity index (χ2v) is 8.83. The van der Waals surface area contributed by atoms with Crippen LogP contribution < -0.4 is 14.8 Å². The van der Waals surface area contributed by atoms with E-state index < -0.39 is 0 Å². The Morgan fingerprint density at radius 1 is 1.15 bits per heavy atom. The highest BCUT2D eigenvalue weighted by atomic mass is 32.2. The first kappa shape index (κ1) is 21.1. The first-order valence-electron chi connectivity index (χ1n) is 10.4. The van der Waals surface area contributed by atoms with Gasteiger partial charge in [0, 0.05) is 35.2 Å². The monoisotopic (exact) mass is 463 g/mol. The number of imide groups is 1. The fourth-order valence-corrected chi connectivity index (χ4v) is 4.70. The standard InChI is InChI=1S/C24H21N3O5S/c1-13-14(2)26-18-5-4-16(11-17(13)18)22(28)25-7-8-27-23(29)21(33-24(27)30)10-15-3-6-19-20(9-15)32-12-31-19/h3-6,9-11,26H,7-8,12H2,1-2H3,(H,25,28)/b21-10-. The number of amides is 3. The lowest BCUT2D eigenvalue weighted by atomic mass is 10.1. The molecule has 0 spiro atoms. The maximum absolute atomic E-state index is 12.7. The summed E-state index contributed by atoms with van der Waals surface area (Å²) in [5, 5.41) is 3.44. The number of carbonyl (C=O) groups excluding carboxylic acids is 3. The average Bonchev–Trinajstić information content (AvgIpc) is 3.46. The molecule has 8 nitrogen and oxygen atoms in total. The number of H-pyrrole nitrogens is 1. The van der Waals surface area contributed by atoms with Crippen molar-refractivity contribution in [3.05, 3.63) is 63.7 Å². The Labute approximate surface area is 193 Å². The molecular formula is C24H21N3O5S. The number of nitrogens with zero attached hydrogens (tertiary/aromatic N) is 1. The van der Waals surface area contributed by atoms with Crippen molar-refractivity contribution in [3.8, 4) is 11.5 Å². The quantitative estimate of drug-likeness (QED) is 0.555. The third-order valence-corrected chi connectivity index (χ3v) is 6.67. The summed E-state index contributed by atoms with van der Waals surface area (Å²) in [7, 11) is 0. The van der Waals surface area contributed by atoms with Gasteiger partial charge in [0.15, 0.2) is 11.5 Å². The highest BCUT2D eigenvalue weighted by Gasteiger charge is 2.34. The van der Waals surface area contributed by atoms with E-state index in [4.69, 9.17) is 9.47 Å². The Morgan fingerprint density at radius 2 is 1.97 bits per heavy atom. The average molecular weight is 464 g/mol. The highest BCUT2D eigenvalue weighted by Crippen LogP contribution is 2.36. The second kappa shape index (κ2) is 8.32. The number of thioether (sulfide) groups is 1. The van der Waals surface area contributed by atoms with Crippen LogP contribution in [0.15, 0.2) is 41.3 Å². The van der Waals surface area contributed by atoms with Gasteiger partial charge in [-0.1, -0.05) is 6.07 Å². The van der Waals surface area contributed by atoms with Crippen LogP contribution in [0.5, 0.6) is 11.5 Å². The molecule has 3 aromatic rings. The maximum Gasteiger partial charge on any atom is 0.293 e. The van der Waals surface area contributed by atoms with E-state index in [1.807, 2.05) is 26.0 Å². The van der Waals surface area contributed by atoms with E-state index >= 15 is 0 Å². The summed E-state index contributed by atoms with van der Waals surface area (Å²) in [6, 6.07) is 10.8. The first-order valence-corrected chi connectivity index (χ1v) is 11.2. The van der Waals surface area contributed by atoms with E-state index in [9.17, 15) is 14.4 Å². The maximum atomic E-state index is 12.7. The number of aromatic amines is 1. The van der Waals surface area contributed by atoms with Crippen molar-refractivity contribution in [1.29, 1.82) is 0 Å². The molecule has 2 aliphatic rings. The van der Waals surface area contributed by atoms with Crippen molar-refractivity contribution in [2.24, 2.45) is 0 Å². The summed E-state index contributed by atoms with van der Waals surface area (Å²) in [5.74, 6) is 0.626. The van der Waals surface area contributed by atoms with Crippen LogP contribution in [0, 0.1) is 13.8 Å². The summed E-state index contributed by atoms with van der Waals surface area (Å²) in [4.78, 5) is 42.4. The molecule has 3 heterocycles. The van der Waals surface area contributed by atoms with Gasteiger partial charge in [-0.15, -0.1) is 0 Å². The minimum atomic E-state index is -0.378. The summed E-state index contributed by atoms with van der Waals surface area (Å²) < 4.78 is 10.6. The lowest BCUT2D eigenvalue weighted by Gasteiger charge is -2.13.